The molecule has 0 unspecified atom stereocenters. The number of anilines is 1. The van der Waals surface area contributed by atoms with Crippen molar-refractivity contribution >= 4 is 35.1 Å². The molecule has 0 aliphatic carbocycles. The minimum Gasteiger partial charge on any atom is -0.342 e. The molecule has 0 aromatic heterocycles. The predicted octanol–water partition coefficient (Wildman–Crippen LogP) is 2.50. The van der Waals surface area contributed by atoms with Gasteiger partial charge in [-0.2, -0.15) is 0 Å². The number of carbonyl (C=O) groups is 2. The molecular formula is C18H23ClN4O2. The van der Waals surface area contributed by atoms with Gasteiger partial charge in [0.25, 0.3) is 0 Å². The summed E-state index contributed by atoms with van der Waals surface area (Å²) in [6, 6.07) is 6.19. The van der Waals surface area contributed by atoms with Crippen molar-refractivity contribution in [3.05, 3.63) is 29.3 Å². The summed E-state index contributed by atoms with van der Waals surface area (Å²) in [5, 5.41) is 6.15. The Labute approximate surface area is 152 Å². The Balaban J connectivity index is 1.74. The van der Waals surface area contributed by atoms with E-state index in [0.29, 0.717) is 28.5 Å². The second kappa shape index (κ2) is 7.44. The molecule has 1 aromatic rings. The first-order chi connectivity index (χ1) is 11.9. The average Bonchev–Trinajstić information content (AvgIpc) is 2.53. The van der Waals surface area contributed by atoms with Crippen molar-refractivity contribution in [2.24, 2.45) is 16.8 Å². The molecule has 2 aliphatic rings. The van der Waals surface area contributed by atoms with E-state index in [1.165, 1.54) is 0 Å². The normalized spacial score (nSPS) is 26.7. The second-order valence-corrected chi connectivity index (χ2v) is 7.51. The van der Waals surface area contributed by atoms with Crippen molar-refractivity contribution in [2.75, 3.05) is 18.4 Å². The molecule has 2 N–H and O–H groups in total. The Bertz CT molecular complexity index is 696. The van der Waals surface area contributed by atoms with Gasteiger partial charge in [-0.25, -0.2) is 4.99 Å². The van der Waals surface area contributed by atoms with Gasteiger partial charge in [0.1, 0.15) is 6.04 Å². The van der Waals surface area contributed by atoms with Crippen LogP contribution in [0.1, 0.15) is 26.7 Å². The minimum atomic E-state index is -0.727. The molecule has 2 aliphatic heterocycles. The van der Waals surface area contributed by atoms with Gasteiger partial charge < -0.3 is 10.2 Å². The van der Waals surface area contributed by atoms with Crippen LogP contribution in [0.25, 0.3) is 0 Å². The van der Waals surface area contributed by atoms with Crippen LogP contribution in [0.3, 0.4) is 0 Å². The van der Waals surface area contributed by atoms with Gasteiger partial charge in [0, 0.05) is 23.8 Å². The summed E-state index contributed by atoms with van der Waals surface area (Å²) in [7, 11) is 0. The maximum Gasteiger partial charge on any atom is 0.249 e. The summed E-state index contributed by atoms with van der Waals surface area (Å²) in [4.78, 5) is 31.2. The van der Waals surface area contributed by atoms with E-state index in [4.69, 9.17) is 11.6 Å². The van der Waals surface area contributed by atoms with Crippen LogP contribution in [0, 0.1) is 11.8 Å². The SMILES string of the molecule is C[C@@H]1C[C@H](C)CN(C2=N[C@@H](C(=O)Nc3cccc(Cl)c3)CC(=O)N2)C1. The number of nitrogens with one attached hydrogen (secondary N) is 2. The van der Waals surface area contributed by atoms with Crippen LogP contribution in [0.5, 0.6) is 0 Å². The van der Waals surface area contributed by atoms with Gasteiger partial charge in [-0.05, 0) is 36.5 Å². The van der Waals surface area contributed by atoms with Gasteiger partial charge >= 0.3 is 0 Å². The Morgan fingerprint density at radius 1 is 1.32 bits per heavy atom. The van der Waals surface area contributed by atoms with Gasteiger partial charge in [-0.1, -0.05) is 31.5 Å². The number of nitrogens with zero attached hydrogens (tertiary/aromatic N) is 2. The largest absolute Gasteiger partial charge is 0.342 e. The highest BCUT2D eigenvalue weighted by Gasteiger charge is 2.32. The monoisotopic (exact) mass is 362 g/mol. The molecule has 3 rings (SSSR count). The van der Waals surface area contributed by atoms with Crippen molar-refractivity contribution in [1.82, 2.24) is 10.2 Å². The zero-order valence-electron chi connectivity index (χ0n) is 14.5. The second-order valence-electron chi connectivity index (χ2n) is 7.07. The smallest absolute Gasteiger partial charge is 0.249 e. The lowest BCUT2D eigenvalue weighted by Crippen LogP contribution is -2.54. The maximum absolute atomic E-state index is 12.5. The molecule has 3 atom stereocenters. The highest BCUT2D eigenvalue weighted by atomic mass is 35.5. The van der Waals surface area contributed by atoms with Crippen molar-refractivity contribution in [2.45, 2.75) is 32.7 Å². The molecule has 25 heavy (non-hydrogen) atoms. The molecular weight excluding hydrogens is 340 g/mol. The van der Waals surface area contributed by atoms with Crippen LogP contribution < -0.4 is 10.6 Å². The predicted molar refractivity (Wildman–Crippen MR) is 98.6 cm³/mol. The van der Waals surface area contributed by atoms with Crippen LogP contribution in [0.4, 0.5) is 5.69 Å². The van der Waals surface area contributed by atoms with E-state index in [1.807, 2.05) is 0 Å². The molecule has 2 heterocycles. The first kappa shape index (κ1) is 17.7. The first-order valence-corrected chi connectivity index (χ1v) is 8.97. The van der Waals surface area contributed by atoms with E-state index in [-0.39, 0.29) is 18.2 Å². The van der Waals surface area contributed by atoms with Crippen LogP contribution in [-0.2, 0) is 9.59 Å². The highest BCUT2D eigenvalue weighted by Crippen LogP contribution is 2.22. The number of rotatable bonds is 2. The molecule has 1 aromatic carbocycles. The molecule has 6 nitrogen and oxygen atoms in total. The summed E-state index contributed by atoms with van der Waals surface area (Å²) >= 11 is 5.94. The van der Waals surface area contributed by atoms with Crippen molar-refractivity contribution in [3.8, 4) is 0 Å². The van der Waals surface area contributed by atoms with Crippen molar-refractivity contribution in [1.29, 1.82) is 0 Å². The molecule has 0 radical (unpaired) electrons. The van der Waals surface area contributed by atoms with E-state index in [2.05, 4.69) is 34.4 Å². The summed E-state index contributed by atoms with van der Waals surface area (Å²) in [5.74, 6) is 1.10. The lowest BCUT2D eigenvalue weighted by molar-refractivity contribution is -0.125. The summed E-state index contributed by atoms with van der Waals surface area (Å²) in [6.45, 7) is 6.06. The average molecular weight is 363 g/mol. The van der Waals surface area contributed by atoms with Crippen molar-refractivity contribution < 1.29 is 9.59 Å². The number of likely N-dealkylation sites (tertiary alicyclic amines) is 1. The van der Waals surface area contributed by atoms with Gasteiger partial charge in [-0.15, -0.1) is 0 Å². The molecule has 1 saturated heterocycles. The Morgan fingerprint density at radius 3 is 2.72 bits per heavy atom. The van der Waals surface area contributed by atoms with Crippen LogP contribution in [-0.4, -0.2) is 41.8 Å². The standard InChI is InChI=1S/C18H23ClN4O2/c1-11-6-12(2)10-23(9-11)18-21-15(8-16(24)22-18)17(25)20-14-5-3-4-13(19)7-14/h3-5,7,11-12,15H,6,8-10H2,1-2H3,(H,20,25)(H,21,22,24)/t11-,12+,15-/m1/s1. The van der Waals surface area contributed by atoms with Gasteiger partial charge in [0.15, 0.2) is 0 Å². The third-order valence-electron chi connectivity index (χ3n) is 4.47. The van der Waals surface area contributed by atoms with Gasteiger partial charge in [0.2, 0.25) is 17.8 Å². The Hall–Kier alpha value is -2.08. The third kappa shape index (κ3) is 4.51. The maximum atomic E-state index is 12.5. The zero-order chi connectivity index (χ0) is 18.0. The Kier molecular flexibility index (Phi) is 5.27. The number of piperidine rings is 1. The lowest BCUT2D eigenvalue weighted by Gasteiger charge is -2.38. The number of benzene rings is 1. The number of carbonyl (C=O) groups excluding carboxylic acids is 2. The molecule has 1 fully saturated rings. The fraction of sp³-hybridized carbons (Fsp3) is 0.500. The number of amides is 2. The molecule has 134 valence electrons. The molecule has 7 heteroatoms. The topological polar surface area (TPSA) is 73.8 Å². The summed E-state index contributed by atoms with van der Waals surface area (Å²) in [6.07, 6.45) is 1.21. The molecule has 2 amide bonds. The van der Waals surface area contributed by atoms with Gasteiger partial charge in [-0.3, -0.25) is 14.9 Å². The third-order valence-corrected chi connectivity index (χ3v) is 4.71. The lowest BCUT2D eigenvalue weighted by atomic mass is 9.92. The first-order valence-electron chi connectivity index (χ1n) is 8.59. The molecule has 0 spiro atoms. The van der Waals surface area contributed by atoms with E-state index < -0.39 is 6.04 Å². The van der Waals surface area contributed by atoms with Crippen LogP contribution >= 0.6 is 11.6 Å². The van der Waals surface area contributed by atoms with Gasteiger partial charge in [0.05, 0.1) is 6.42 Å². The Morgan fingerprint density at radius 2 is 2.04 bits per heavy atom. The fourth-order valence-corrected chi connectivity index (χ4v) is 3.71. The van der Waals surface area contributed by atoms with Crippen molar-refractivity contribution in [3.63, 3.8) is 0 Å². The number of hydrogen-bond donors (Lipinski definition) is 2. The quantitative estimate of drug-likeness (QED) is 0.848. The number of hydrogen-bond acceptors (Lipinski definition) is 4. The zero-order valence-corrected chi connectivity index (χ0v) is 15.2. The fourth-order valence-electron chi connectivity index (χ4n) is 3.52. The van der Waals surface area contributed by atoms with E-state index in [9.17, 15) is 9.59 Å². The van der Waals surface area contributed by atoms with Crippen LogP contribution in [0.2, 0.25) is 5.02 Å². The van der Waals surface area contributed by atoms with E-state index in [1.54, 1.807) is 24.3 Å². The summed E-state index contributed by atoms with van der Waals surface area (Å²) in [5.41, 5.74) is 0.598. The van der Waals surface area contributed by atoms with E-state index >= 15 is 0 Å². The molecule has 0 saturated carbocycles. The summed E-state index contributed by atoms with van der Waals surface area (Å²) < 4.78 is 0. The minimum absolute atomic E-state index is 0.0504. The number of aliphatic imine (C=N–C) groups is 1. The number of guanidine groups is 1. The van der Waals surface area contributed by atoms with Crippen LogP contribution in [0.15, 0.2) is 29.3 Å². The number of halogens is 1. The highest BCUT2D eigenvalue weighted by molar-refractivity contribution is 6.30. The van der Waals surface area contributed by atoms with E-state index in [0.717, 1.165) is 19.5 Å². The molecule has 0 bridgehead atoms.